The van der Waals surface area contributed by atoms with Gasteiger partial charge in [0.15, 0.2) is 9.84 Å². The number of hydrogen-bond donors (Lipinski definition) is 2. The van der Waals surface area contributed by atoms with Crippen LogP contribution in [-0.4, -0.2) is 33.2 Å². The topological polar surface area (TPSA) is 75.3 Å². The van der Waals surface area contributed by atoms with Crippen molar-refractivity contribution in [2.24, 2.45) is 5.92 Å². The molecular weight excluding hydrogens is 264 g/mol. The van der Waals surface area contributed by atoms with Crippen molar-refractivity contribution in [3.8, 4) is 0 Å². The summed E-state index contributed by atoms with van der Waals surface area (Å²) in [6.07, 6.45) is 1.99. The van der Waals surface area contributed by atoms with Crippen molar-refractivity contribution in [2.45, 2.75) is 24.3 Å². The summed E-state index contributed by atoms with van der Waals surface area (Å²) in [7, 11) is -3.20. The predicted octanol–water partition coefficient (Wildman–Crippen LogP) is 1.03. The number of rotatable bonds is 3. The number of amides is 1. The molecule has 1 aliphatic rings. The van der Waals surface area contributed by atoms with Crippen molar-refractivity contribution >= 4 is 21.4 Å². The second kappa shape index (κ2) is 5.30. The van der Waals surface area contributed by atoms with Crippen LogP contribution in [0.1, 0.15) is 13.3 Å². The number of carbonyl (C=O) groups excluding carboxylic acids is 1. The van der Waals surface area contributed by atoms with E-state index in [0.29, 0.717) is 5.69 Å². The van der Waals surface area contributed by atoms with Gasteiger partial charge >= 0.3 is 0 Å². The molecule has 2 atom stereocenters. The summed E-state index contributed by atoms with van der Waals surface area (Å²) in [5, 5.41) is 6.04. The van der Waals surface area contributed by atoms with Gasteiger partial charge < -0.3 is 10.6 Å². The van der Waals surface area contributed by atoms with E-state index in [2.05, 4.69) is 10.6 Å². The third-order valence-electron chi connectivity index (χ3n) is 3.41. The molecule has 6 heteroatoms. The van der Waals surface area contributed by atoms with Gasteiger partial charge in [0, 0.05) is 18.0 Å². The summed E-state index contributed by atoms with van der Waals surface area (Å²) in [5.74, 6) is -0.0563. The van der Waals surface area contributed by atoms with Gasteiger partial charge in [0.05, 0.1) is 10.8 Å². The van der Waals surface area contributed by atoms with Crippen LogP contribution >= 0.6 is 0 Å². The van der Waals surface area contributed by atoms with Crippen LogP contribution in [0.4, 0.5) is 5.69 Å². The summed E-state index contributed by atoms with van der Waals surface area (Å²) < 4.78 is 22.6. The number of nitrogens with one attached hydrogen (secondary N) is 2. The standard InChI is InChI=1S/C13H18N2O3S/c1-9-12(7-8-14-9)13(16)15-10-3-5-11(6-4-10)19(2,17)18/h3-6,9,12,14H,7-8H2,1-2H3,(H,15,16). The highest BCUT2D eigenvalue weighted by atomic mass is 32.2. The first-order chi connectivity index (χ1) is 8.88. The third kappa shape index (κ3) is 3.33. The molecule has 1 aromatic carbocycles. The van der Waals surface area contributed by atoms with E-state index in [-0.39, 0.29) is 22.8 Å². The summed E-state index contributed by atoms with van der Waals surface area (Å²) >= 11 is 0. The van der Waals surface area contributed by atoms with Crippen LogP contribution in [-0.2, 0) is 14.6 Å². The van der Waals surface area contributed by atoms with E-state index in [1.54, 1.807) is 12.1 Å². The molecule has 2 rings (SSSR count). The van der Waals surface area contributed by atoms with Crippen molar-refractivity contribution in [1.29, 1.82) is 0 Å². The smallest absolute Gasteiger partial charge is 0.229 e. The van der Waals surface area contributed by atoms with Crippen LogP contribution in [0.2, 0.25) is 0 Å². The fourth-order valence-corrected chi connectivity index (χ4v) is 2.87. The Morgan fingerprint density at radius 3 is 2.42 bits per heavy atom. The summed E-state index contributed by atoms with van der Waals surface area (Å²) in [6.45, 7) is 2.84. The van der Waals surface area contributed by atoms with Gasteiger partial charge in [0.1, 0.15) is 0 Å². The first kappa shape index (κ1) is 14.0. The fraction of sp³-hybridized carbons (Fsp3) is 0.462. The molecule has 2 N–H and O–H groups in total. The first-order valence-electron chi connectivity index (χ1n) is 6.22. The largest absolute Gasteiger partial charge is 0.326 e. The van der Waals surface area contributed by atoms with Gasteiger partial charge in [-0.1, -0.05) is 0 Å². The van der Waals surface area contributed by atoms with Crippen LogP contribution in [0.25, 0.3) is 0 Å². The average Bonchev–Trinajstić information content (AvgIpc) is 2.75. The minimum atomic E-state index is -3.20. The zero-order chi connectivity index (χ0) is 14.0. The summed E-state index contributed by atoms with van der Waals surface area (Å²) in [6, 6.07) is 6.40. The Balaban J connectivity index is 2.06. The number of benzene rings is 1. The van der Waals surface area contributed by atoms with Crippen LogP contribution in [0.3, 0.4) is 0 Å². The van der Waals surface area contributed by atoms with Crippen molar-refractivity contribution in [3.05, 3.63) is 24.3 Å². The van der Waals surface area contributed by atoms with Crippen molar-refractivity contribution in [1.82, 2.24) is 5.32 Å². The number of anilines is 1. The zero-order valence-corrected chi connectivity index (χ0v) is 11.8. The third-order valence-corrected chi connectivity index (χ3v) is 4.54. The Morgan fingerprint density at radius 1 is 1.32 bits per heavy atom. The maximum atomic E-state index is 12.0. The molecule has 0 radical (unpaired) electrons. The highest BCUT2D eigenvalue weighted by Gasteiger charge is 2.29. The van der Waals surface area contributed by atoms with Crippen molar-refractivity contribution in [2.75, 3.05) is 18.1 Å². The van der Waals surface area contributed by atoms with Crippen LogP contribution in [0.5, 0.6) is 0 Å². The van der Waals surface area contributed by atoms with Crippen LogP contribution in [0, 0.1) is 5.92 Å². The fourth-order valence-electron chi connectivity index (χ4n) is 2.24. The molecule has 1 saturated heterocycles. The lowest BCUT2D eigenvalue weighted by atomic mass is 10.0. The van der Waals surface area contributed by atoms with Gasteiger partial charge in [-0.15, -0.1) is 0 Å². The van der Waals surface area contributed by atoms with E-state index in [1.165, 1.54) is 12.1 Å². The molecule has 0 bridgehead atoms. The first-order valence-corrected chi connectivity index (χ1v) is 8.11. The molecule has 1 aromatic rings. The zero-order valence-electron chi connectivity index (χ0n) is 11.0. The highest BCUT2D eigenvalue weighted by molar-refractivity contribution is 7.90. The molecule has 19 heavy (non-hydrogen) atoms. The molecule has 0 saturated carbocycles. The van der Waals surface area contributed by atoms with E-state index in [0.717, 1.165) is 19.2 Å². The van der Waals surface area contributed by atoms with E-state index in [4.69, 9.17) is 0 Å². The normalized spacial score (nSPS) is 23.3. The Bertz CT molecular complexity index is 566. The maximum Gasteiger partial charge on any atom is 0.229 e. The lowest BCUT2D eigenvalue weighted by Gasteiger charge is -2.15. The average molecular weight is 282 g/mol. The quantitative estimate of drug-likeness (QED) is 0.868. The molecule has 0 spiro atoms. The molecule has 2 unspecified atom stereocenters. The molecule has 0 aliphatic carbocycles. The Kier molecular flexibility index (Phi) is 3.91. The van der Waals surface area contributed by atoms with Gasteiger partial charge in [-0.05, 0) is 44.2 Å². The molecule has 1 fully saturated rings. The van der Waals surface area contributed by atoms with Gasteiger partial charge in [-0.25, -0.2) is 8.42 Å². The molecular formula is C13H18N2O3S. The van der Waals surface area contributed by atoms with Crippen molar-refractivity contribution in [3.63, 3.8) is 0 Å². The van der Waals surface area contributed by atoms with Gasteiger partial charge in [-0.2, -0.15) is 0 Å². The predicted molar refractivity (Wildman–Crippen MR) is 73.8 cm³/mol. The minimum absolute atomic E-state index is 0.0235. The van der Waals surface area contributed by atoms with Crippen molar-refractivity contribution < 1.29 is 13.2 Å². The lowest BCUT2D eigenvalue weighted by Crippen LogP contribution is -2.32. The number of carbonyl (C=O) groups is 1. The number of hydrogen-bond acceptors (Lipinski definition) is 4. The second-order valence-corrected chi connectivity index (χ2v) is 6.94. The van der Waals surface area contributed by atoms with E-state index < -0.39 is 9.84 Å². The molecule has 0 aromatic heterocycles. The molecule has 5 nitrogen and oxygen atoms in total. The maximum absolute atomic E-state index is 12.0. The Labute approximate surface area is 113 Å². The molecule has 1 amide bonds. The van der Waals surface area contributed by atoms with Gasteiger partial charge in [-0.3, -0.25) is 4.79 Å². The molecule has 1 heterocycles. The van der Waals surface area contributed by atoms with E-state index in [9.17, 15) is 13.2 Å². The molecule has 1 aliphatic heterocycles. The Hall–Kier alpha value is -1.40. The van der Waals surface area contributed by atoms with E-state index >= 15 is 0 Å². The Morgan fingerprint density at radius 2 is 1.95 bits per heavy atom. The monoisotopic (exact) mass is 282 g/mol. The lowest BCUT2D eigenvalue weighted by molar-refractivity contribution is -0.120. The van der Waals surface area contributed by atoms with E-state index in [1.807, 2.05) is 6.92 Å². The minimum Gasteiger partial charge on any atom is -0.326 e. The highest BCUT2D eigenvalue weighted by Crippen LogP contribution is 2.19. The summed E-state index contributed by atoms with van der Waals surface area (Å²) in [4.78, 5) is 12.3. The van der Waals surface area contributed by atoms with Gasteiger partial charge in [0.25, 0.3) is 0 Å². The van der Waals surface area contributed by atoms with Crippen LogP contribution < -0.4 is 10.6 Å². The van der Waals surface area contributed by atoms with Gasteiger partial charge in [0.2, 0.25) is 5.91 Å². The SMILES string of the molecule is CC1NCCC1C(=O)Nc1ccc(S(C)(=O)=O)cc1. The second-order valence-electron chi connectivity index (χ2n) is 4.92. The van der Waals surface area contributed by atoms with Crippen LogP contribution in [0.15, 0.2) is 29.2 Å². The summed E-state index contributed by atoms with van der Waals surface area (Å²) in [5.41, 5.74) is 0.622. The number of sulfone groups is 1. The molecule has 104 valence electrons.